The molecule has 0 aliphatic carbocycles. The topological polar surface area (TPSA) is 52.5 Å². The maximum Gasteiger partial charge on any atom is 0.146 e. The molecule has 1 saturated heterocycles. The van der Waals surface area contributed by atoms with Gasteiger partial charge in [0.05, 0.1) is 24.7 Å². The Kier molecular flexibility index (Phi) is 4.49. The third kappa shape index (κ3) is 2.97. The lowest BCUT2D eigenvalue weighted by Gasteiger charge is -2.28. The van der Waals surface area contributed by atoms with Crippen LogP contribution in [-0.4, -0.2) is 52.7 Å². The second kappa shape index (κ2) is 6.11. The van der Waals surface area contributed by atoms with Crippen molar-refractivity contribution in [2.75, 3.05) is 31.6 Å². The van der Waals surface area contributed by atoms with Crippen LogP contribution in [0.15, 0.2) is 12.4 Å². The van der Waals surface area contributed by atoms with E-state index in [1.165, 1.54) is 19.4 Å². The molecule has 0 amide bonds. The second-order valence-corrected chi connectivity index (χ2v) is 4.83. The van der Waals surface area contributed by atoms with E-state index >= 15 is 0 Å². The quantitative estimate of drug-likeness (QED) is 0.841. The summed E-state index contributed by atoms with van der Waals surface area (Å²) in [7, 11) is 2.05. The van der Waals surface area contributed by atoms with Crippen LogP contribution in [0.3, 0.4) is 0 Å². The molecule has 0 saturated carbocycles. The van der Waals surface area contributed by atoms with Gasteiger partial charge in [-0.1, -0.05) is 6.92 Å². The molecule has 2 rings (SSSR count). The molecule has 0 spiro atoms. The van der Waals surface area contributed by atoms with Gasteiger partial charge >= 0.3 is 0 Å². The predicted octanol–water partition coefficient (Wildman–Crippen LogP) is 0.889. The molecular formula is C13H22N4O. The first-order valence-electron chi connectivity index (χ1n) is 6.61. The molecule has 1 N–H and O–H groups in total. The Bertz CT molecular complexity index is 368. The fourth-order valence-corrected chi connectivity index (χ4v) is 2.55. The average Bonchev–Trinajstić information content (AvgIpc) is 2.86. The fraction of sp³-hybridized carbons (Fsp3) is 0.692. The maximum atomic E-state index is 8.94. The fourth-order valence-electron chi connectivity index (χ4n) is 2.55. The van der Waals surface area contributed by atoms with E-state index in [9.17, 15) is 0 Å². The Morgan fingerprint density at radius 2 is 2.28 bits per heavy atom. The number of aliphatic hydroxyl groups excluding tert-OH is 1. The molecule has 0 aromatic carbocycles. The molecule has 5 nitrogen and oxygen atoms in total. The van der Waals surface area contributed by atoms with Gasteiger partial charge in [-0.15, -0.1) is 0 Å². The minimum atomic E-state index is -0.0523. The molecule has 1 aromatic heterocycles. The van der Waals surface area contributed by atoms with Crippen LogP contribution in [0.1, 0.15) is 25.5 Å². The maximum absolute atomic E-state index is 8.94. The summed E-state index contributed by atoms with van der Waals surface area (Å²) in [5.41, 5.74) is 0.614. The number of likely N-dealkylation sites (N-methyl/N-ethyl adjacent to an activating group) is 2. The number of aliphatic hydroxyl groups is 1. The zero-order valence-corrected chi connectivity index (χ0v) is 11.2. The standard InChI is InChI=1S/C13H22N4O/c1-3-17-6-4-5-12(17)9-16(2)13-8-14-11(10-18)7-15-13/h7-8,12,18H,3-6,9-10H2,1-2H3. The van der Waals surface area contributed by atoms with Gasteiger partial charge in [-0.2, -0.15) is 0 Å². The van der Waals surface area contributed by atoms with E-state index < -0.39 is 0 Å². The molecule has 1 atom stereocenters. The highest BCUT2D eigenvalue weighted by atomic mass is 16.3. The van der Waals surface area contributed by atoms with Crippen molar-refractivity contribution in [3.8, 4) is 0 Å². The summed E-state index contributed by atoms with van der Waals surface area (Å²) in [4.78, 5) is 13.2. The normalized spacial score (nSPS) is 20.3. The van der Waals surface area contributed by atoms with Crippen molar-refractivity contribution in [1.82, 2.24) is 14.9 Å². The second-order valence-electron chi connectivity index (χ2n) is 4.83. The molecule has 100 valence electrons. The molecule has 1 fully saturated rings. The Labute approximate surface area is 108 Å². The molecule has 1 aliphatic heterocycles. The van der Waals surface area contributed by atoms with Gasteiger partial charge in [-0.25, -0.2) is 4.98 Å². The van der Waals surface area contributed by atoms with Crippen molar-refractivity contribution in [1.29, 1.82) is 0 Å². The summed E-state index contributed by atoms with van der Waals surface area (Å²) in [6.45, 7) is 5.48. The van der Waals surface area contributed by atoms with Crippen LogP contribution in [0.2, 0.25) is 0 Å². The van der Waals surface area contributed by atoms with Crippen molar-refractivity contribution in [3.05, 3.63) is 18.1 Å². The van der Waals surface area contributed by atoms with E-state index in [0.29, 0.717) is 11.7 Å². The number of nitrogens with zero attached hydrogens (tertiary/aromatic N) is 4. The van der Waals surface area contributed by atoms with Crippen LogP contribution in [0.4, 0.5) is 5.82 Å². The van der Waals surface area contributed by atoms with Gasteiger partial charge < -0.3 is 10.0 Å². The summed E-state index contributed by atoms with van der Waals surface area (Å²) in [6.07, 6.45) is 5.93. The summed E-state index contributed by atoms with van der Waals surface area (Å²) in [6, 6.07) is 0.624. The molecule has 2 heterocycles. The highest BCUT2D eigenvalue weighted by molar-refractivity contribution is 5.34. The molecule has 1 aliphatic rings. The summed E-state index contributed by atoms with van der Waals surface area (Å²) >= 11 is 0. The first-order valence-corrected chi connectivity index (χ1v) is 6.61. The average molecular weight is 250 g/mol. The largest absolute Gasteiger partial charge is 0.390 e. The Morgan fingerprint density at radius 3 is 2.89 bits per heavy atom. The van der Waals surface area contributed by atoms with Crippen LogP contribution >= 0.6 is 0 Å². The third-order valence-corrected chi connectivity index (χ3v) is 3.63. The first-order chi connectivity index (χ1) is 8.74. The SMILES string of the molecule is CCN1CCCC1CN(C)c1cnc(CO)cn1. The van der Waals surface area contributed by atoms with Gasteiger partial charge in [0.25, 0.3) is 0 Å². The lowest BCUT2D eigenvalue weighted by molar-refractivity contribution is 0.270. The van der Waals surface area contributed by atoms with Crippen molar-refractivity contribution >= 4 is 5.82 Å². The van der Waals surface area contributed by atoms with E-state index in [4.69, 9.17) is 5.11 Å². The van der Waals surface area contributed by atoms with Crippen LogP contribution in [0.5, 0.6) is 0 Å². The summed E-state index contributed by atoms with van der Waals surface area (Å²) in [5.74, 6) is 0.871. The van der Waals surface area contributed by atoms with Gasteiger partial charge in [-0.3, -0.25) is 9.88 Å². The smallest absolute Gasteiger partial charge is 0.146 e. The monoisotopic (exact) mass is 250 g/mol. The van der Waals surface area contributed by atoms with Crippen LogP contribution in [-0.2, 0) is 6.61 Å². The van der Waals surface area contributed by atoms with Gasteiger partial charge in [0.1, 0.15) is 5.82 Å². The number of anilines is 1. The van der Waals surface area contributed by atoms with E-state index in [1.807, 2.05) is 0 Å². The van der Waals surface area contributed by atoms with E-state index in [0.717, 1.165) is 18.9 Å². The Balaban J connectivity index is 1.95. The third-order valence-electron chi connectivity index (χ3n) is 3.63. The molecule has 1 aromatic rings. The Morgan fingerprint density at radius 1 is 1.44 bits per heavy atom. The molecule has 1 unspecified atom stereocenters. The summed E-state index contributed by atoms with van der Waals surface area (Å²) < 4.78 is 0. The molecule has 18 heavy (non-hydrogen) atoms. The van der Waals surface area contributed by atoms with Crippen LogP contribution in [0, 0.1) is 0 Å². The van der Waals surface area contributed by atoms with E-state index in [-0.39, 0.29) is 6.61 Å². The summed E-state index contributed by atoms with van der Waals surface area (Å²) in [5, 5.41) is 8.94. The van der Waals surface area contributed by atoms with Gasteiger partial charge in [0.15, 0.2) is 0 Å². The van der Waals surface area contributed by atoms with Gasteiger partial charge in [0.2, 0.25) is 0 Å². The highest BCUT2D eigenvalue weighted by Gasteiger charge is 2.24. The van der Waals surface area contributed by atoms with Crippen molar-refractivity contribution in [2.24, 2.45) is 0 Å². The zero-order chi connectivity index (χ0) is 13.0. The molecular weight excluding hydrogens is 228 g/mol. The van der Waals surface area contributed by atoms with Gasteiger partial charge in [0, 0.05) is 19.6 Å². The number of rotatable bonds is 5. The lowest BCUT2D eigenvalue weighted by atomic mass is 10.2. The molecule has 0 radical (unpaired) electrons. The number of hydrogen-bond acceptors (Lipinski definition) is 5. The lowest BCUT2D eigenvalue weighted by Crippen LogP contribution is -2.39. The highest BCUT2D eigenvalue weighted by Crippen LogP contribution is 2.19. The zero-order valence-electron chi connectivity index (χ0n) is 11.2. The van der Waals surface area contributed by atoms with E-state index in [1.54, 1.807) is 12.4 Å². The van der Waals surface area contributed by atoms with Crippen LogP contribution in [0.25, 0.3) is 0 Å². The predicted molar refractivity (Wildman–Crippen MR) is 71.5 cm³/mol. The molecule has 5 heteroatoms. The Hall–Kier alpha value is -1.20. The van der Waals surface area contributed by atoms with Crippen LogP contribution < -0.4 is 4.90 Å². The van der Waals surface area contributed by atoms with Crippen molar-refractivity contribution in [3.63, 3.8) is 0 Å². The van der Waals surface area contributed by atoms with Crippen molar-refractivity contribution in [2.45, 2.75) is 32.4 Å². The van der Waals surface area contributed by atoms with E-state index in [2.05, 4.69) is 33.7 Å². The minimum absolute atomic E-state index is 0.0523. The molecule has 0 bridgehead atoms. The first kappa shape index (κ1) is 13.2. The minimum Gasteiger partial charge on any atom is -0.390 e. The van der Waals surface area contributed by atoms with Crippen molar-refractivity contribution < 1.29 is 5.11 Å². The number of likely N-dealkylation sites (tertiary alicyclic amines) is 1. The number of aromatic nitrogens is 2. The number of hydrogen-bond donors (Lipinski definition) is 1. The van der Waals surface area contributed by atoms with Gasteiger partial charge in [-0.05, 0) is 25.9 Å².